The highest BCUT2D eigenvalue weighted by Crippen LogP contribution is 2.17. The van der Waals surface area contributed by atoms with E-state index in [-0.39, 0.29) is 0 Å². The first kappa shape index (κ1) is 18.9. The number of esters is 1. The molecule has 7 heteroatoms. The van der Waals surface area contributed by atoms with Crippen molar-refractivity contribution in [1.82, 2.24) is 5.43 Å². The maximum Gasteiger partial charge on any atom is 0.337 e. The van der Waals surface area contributed by atoms with Crippen molar-refractivity contribution in [2.45, 2.75) is 13.8 Å². The van der Waals surface area contributed by atoms with E-state index in [2.05, 4.69) is 20.6 Å². The molecule has 2 aromatic rings. The SMILES string of the molecule is COC(=O)c1ccc(C=NNC(=O)C(=O)Nc2cccc(C)c2C)cc1. The lowest BCUT2D eigenvalue weighted by Gasteiger charge is -2.09. The molecule has 0 spiro atoms. The van der Waals surface area contributed by atoms with Crippen molar-refractivity contribution < 1.29 is 19.1 Å². The molecule has 26 heavy (non-hydrogen) atoms. The van der Waals surface area contributed by atoms with E-state index in [1.807, 2.05) is 19.9 Å². The molecule has 0 bridgehead atoms. The fourth-order valence-electron chi connectivity index (χ4n) is 2.10. The molecule has 2 rings (SSSR count). The number of methoxy groups -OCH3 is 1. The topological polar surface area (TPSA) is 96.9 Å². The Morgan fingerprint density at radius 1 is 1.00 bits per heavy atom. The van der Waals surface area contributed by atoms with E-state index in [1.165, 1.54) is 13.3 Å². The van der Waals surface area contributed by atoms with Gasteiger partial charge in [-0.05, 0) is 48.7 Å². The Morgan fingerprint density at radius 2 is 1.69 bits per heavy atom. The maximum atomic E-state index is 11.9. The quantitative estimate of drug-likeness (QED) is 0.381. The minimum Gasteiger partial charge on any atom is -0.465 e. The number of hydrogen-bond donors (Lipinski definition) is 2. The van der Waals surface area contributed by atoms with E-state index < -0.39 is 17.8 Å². The second kappa shape index (κ2) is 8.57. The minimum atomic E-state index is -0.881. The van der Waals surface area contributed by atoms with Gasteiger partial charge in [0.25, 0.3) is 0 Å². The largest absolute Gasteiger partial charge is 0.465 e. The van der Waals surface area contributed by atoms with E-state index >= 15 is 0 Å². The summed E-state index contributed by atoms with van der Waals surface area (Å²) >= 11 is 0. The van der Waals surface area contributed by atoms with Crippen molar-refractivity contribution in [1.29, 1.82) is 0 Å². The normalized spacial score (nSPS) is 10.4. The zero-order valence-electron chi connectivity index (χ0n) is 14.7. The van der Waals surface area contributed by atoms with Crippen molar-refractivity contribution >= 4 is 29.7 Å². The summed E-state index contributed by atoms with van der Waals surface area (Å²) in [6, 6.07) is 11.9. The number of ether oxygens (including phenoxy) is 1. The first-order valence-electron chi connectivity index (χ1n) is 7.81. The van der Waals surface area contributed by atoms with Crippen molar-refractivity contribution in [3.63, 3.8) is 0 Å². The van der Waals surface area contributed by atoms with Crippen molar-refractivity contribution in [3.8, 4) is 0 Å². The highest BCUT2D eigenvalue weighted by atomic mass is 16.5. The summed E-state index contributed by atoms with van der Waals surface area (Å²) in [6.45, 7) is 3.78. The highest BCUT2D eigenvalue weighted by Gasteiger charge is 2.14. The molecule has 0 atom stereocenters. The van der Waals surface area contributed by atoms with Gasteiger partial charge >= 0.3 is 17.8 Å². The Labute approximate surface area is 151 Å². The van der Waals surface area contributed by atoms with Crippen LogP contribution in [-0.2, 0) is 14.3 Å². The number of benzene rings is 2. The monoisotopic (exact) mass is 353 g/mol. The molecule has 0 aliphatic rings. The number of hydrazone groups is 1. The molecule has 2 amide bonds. The average Bonchev–Trinajstić information content (AvgIpc) is 2.65. The molecule has 134 valence electrons. The predicted octanol–water partition coefficient (Wildman–Crippen LogP) is 2.18. The zero-order chi connectivity index (χ0) is 19.1. The van der Waals surface area contributed by atoms with Crippen LogP contribution in [0.2, 0.25) is 0 Å². The van der Waals surface area contributed by atoms with Gasteiger partial charge in [-0.25, -0.2) is 10.2 Å². The minimum absolute atomic E-state index is 0.404. The molecule has 0 radical (unpaired) electrons. The van der Waals surface area contributed by atoms with Crippen LogP contribution in [0.4, 0.5) is 5.69 Å². The molecule has 7 nitrogen and oxygen atoms in total. The number of hydrogen-bond acceptors (Lipinski definition) is 5. The fraction of sp³-hybridized carbons (Fsp3) is 0.158. The summed E-state index contributed by atoms with van der Waals surface area (Å²) < 4.78 is 4.61. The molecule has 2 N–H and O–H groups in total. The van der Waals surface area contributed by atoms with Gasteiger partial charge in [-0.2, -0.15) is 5.10 Å². The molecule has 0 saturated carbocycles. The number of aryl methyl sites for hydroxylation is 1. The third-order valence-corrected chi connectivity index (χ3v) is 3.77. The number of nitrogens with one attached hydrogen (secondary N) is 2. The van der Waals surface area contributed by atoms with Gasteiger partial charge < -0.3 is 10.1 Å². The first-order chi connectivity index (χ1) is 12.4. The number of amides is 2. The van der Waals surface area contributed by atoms with Crippen LogP contribution >= 0.6 is 0 Å². The first-order valence-corrected chi connectivity index (χ1v) is 7.81. The number of carbonyl (C=O) groups excluding carboxylic acids is 3. The molecule has 0 unspecified atom stereocenters. The van der Waals surface area contributed by atoms with E-state index in [1.54, 1.807) is 36.4 Å². The van der Waals surface area contributed by atoms with Crippen molar-refractivity contribution in [2.24, 2.45) is 5.10 Å². The molecule has 0 aliphatic heterocycles. The Kier molecular flexibility index (Phi) is 6.21. The van der Waals surface area contributed by atoms with Crippen LogP contribution in [0, 0.1) is 13.8 Å². The van der Waals surface area contributed by atoms with Crippen LogP contribution in [0.1, 0.15) is 27.0 Å². The Hall–Kier alpha value is -3.48. The van der Waals surface area contributed by atoms with Crippen LogP contribution < -0.4 is 10.7 Å². The number of anilines is 1. The summed E-state index contributed by atoms with van der Waals surface area (Å²) in [5.41, 5.74) is 5.69. The third kappa shape index (κ3) is 4.76. The third-order valence-electron chi connectivity index (χ3n) is 3.77. The molecule has 0 aliphatic carbocycles. The summed E-state index contributed by atoms with van der Waals surface area (Å²) in [4.78, 5) is 35.1. The molecule has 0 heterocycles. The van der Waals surface area contributed by atoms with Crippen molar-refractivity contribution in [3.05, 3.63) is 64.7 Å². The van der Waals surface area contributed by atoms with E-state index in [0.29, 0.717) is 16.8 Å². The molecule has 0 aromatic heterocycles. The smallest absolute Gasteiger partial charge is 0.337 e. The van der Waals surface area contributed by atoms with Crippen LogP contribution in [0.3, 0.4) is 0 Å². The van der Waals surface area contributed by atoms with E-state index in [4.69, 9.17) is 0 Å². The molecule has 0 fully saturated rings. The Balaban J connectivity index is 1.93. The zero-order valence-corrected chi connectivity index (χ0v) is 14.7. The Morgan fingerprint density at radius 3 is 2.35 bits per heavy atom. The van der Waals surface area contributed by atoms with Crippen molar-refractivity contribution in [2.75, 3.05) is 12.4 Å². The van der Waals surface area contributed by atoms with Gasteiger partial charge in [0.15, 0.2) is 0 Å². The van der Waals surface area contributed by atoms with Crippen LogP contribution in [0.25, 0.3) is 0 Å². The molecule has 2 aromatic carbocycles. The van der Waals surface area contributed by atoms with E-state index in [9.17, 15) is 14.4 Å². The number of carbonyl (C=O) groups is 3. The lowest BCUT2D eigenvalue weighted by molar-refractivity contribution is -0.136. The summed E-state index contributed by atoms with van der Waals surface area (Å²) in [7, 11) is 1.30. The summed E-state index contributed by atoms with van der Waals surface area (Å²) in [6.07, 6.45) is 1.37. The van der Waals surface area contributed by atoms with Gasteiger partial charge in [0, 0.05) is 5.69 Å². The molecule has 0 saturated heterocycles. The number of rotatable bonds is 4. The fourth-order valence-corrected chi connectivity index (χ4v) is 2.10. The lowest BCUT2D eigenvalue weighted by Crippen LogP contribution is -2.32. The van der Waals surface area contributed by atoms with Gasteiger partial charge in [0.2, 0.25) is 0 Å². The van der Waals surface area contributed by atoms with Gasteiger partial charge in [0.05, 0.1) is 18.9 Å². The Bertz CT molecular complexity index is 858. The molecular formula is C19H19N3O4. The van der Waals surface area contributed by atoms with Crippen LogP contribution in [-0.4, -0.2) is 31.1 Å². The van der Waals surface area contributed by atoms with Crippen LogP contribution in [0.5, 0.6) is 0 Å². The standard InChI is InChI=1S/C19H19N3O4/c1-12-5-4-6-16(13(12)2)21-17(23)18(24)22-20-11-14-7-9-15(10-8-14)19(25)26-3/h4-11H,1-3H3,(H,21,23)(H,22,24). The predicted molar refractivity (Wildman–Crippen MR) is 98.1 cm³/mol. The van der Waals surface area contributed by atoms with Gasteiger partial charge in [0.1, 0.15) is 0 Å². The molecular weight excluding hydrogens is 334 g/mol. The lowest BCUT2D eigenvalue weighted by atomic mass is 10.1. The summed E-state index contributed by atoms with van der Waals surface area (Å²) in [5, 5.41) is 6.29. The average molecular weight is 353 g/mol. The highest BCUT2D eigenvalue weighted by molar-refractivity contribution is 6.39. The second-order valence-electron chi connectivity index (χ2n) is 5.51. The number of nitrogens with zero attached hydrogens (tertiary/aromatic N) is 1. The summed E-state index contributed by atoms with van der Waals surface area (Å²) in [5.74, 6) is -2.13. The van der Waals surface area contributed by atoms with Gasteiger partial charge in [-0.1, -0.05) is 24.3 Å². The van der Waals surface area contributed by atoms with Crippen LogP contribution in [0.15, 0.2) is 47.6 Å². The maximum absolute atomic E-state index is 11.9. The van der Waals surface area contributed by atoms with E-state index in [0.717, 1.165) is 11.1 Å². The second-order valence-corrected chi connectivity index (χ2v) is 5.51. The van der Waals surface area contributed by atoms with Gasteiger partial charge in [-0.3, -0.25) is 9.59 Å². The van der Waals surface area contributed by atoms with Gasteiger partial charge in [-0.15, -0.1) is 0 Å².